The second-order valence-electron chi connectivity index (χ2n) is 8.48. The van der Waals surface area contributed by atoms with Crippen LogP contribution in [0.25, 0.3) is 11.1 Å². The van der Waals surface area contributed by atoms with Crippen LogP contribution in [-0.2, 0) is 19.3 Å². The first kappa shape index (κ1) is 20.3. The fourth-order valence-corrected chi connectivity index (χ4v) is 4.73. The minimum atomic E-state index is -0.271. The van der Waals surface area contributed by atoms with Crippen LogP contribution in [0.5, 0.6) is 11.6 Å². The number of hydrogen-bond donors (Lipinski definition) is 0. The fraction of sp³-hybridized carbons (Fsp3) is 0.207. The van der Waals surface area contributed by atoms with Crippen molar-refractivity contribution in [1.29, 1.82) is 0 Å². The molecule has 0 N–H and O–H groups in total. The Bertz CT molecular complexity index is 1130. The van der Waals surface area contributed by atoms with Gasteiger partial charge in [-0.2, -0.15) is 0 Å². The lowest BCUT2D eigenvalue weighted by Gasteiger charge is -2.40. The van der Waals surface area contributed by atoms with Crippen molar-refractivity contribution in [2.75, 3.05) is 7.11 Å². The van der Waals surface area contributed by atoms with Crippen molar-refractivity contribution in [2.45, 2.75) is 31.3 Å². The molecule has 5 rings (SSSR count). The van der Waals surface area contributed by atoms with Gasteiger partial charge in [0.1, 0.15) is 11.4 Å². The van der Waals surface area contributed by atoms with Crippen LogP contribution >= 0.6 is 0 Å². The molecule has 3 heteroatoms. The Morgan fingerprint density at radius 3 is 2.09 bits per heavy atom. The van der Waals surface area contributed by atoms with Crippen LogP contribution < -0.4 is 9.47 Å². The molecule has 2 heterocycles. The molecule has 4 aromatic rings. The molecule has 1 aliphatic rings. The van der Waals surface area contributed by atoms with E-state index in [2.05, 4.69) is 89.9 Å². The molecule has 32 heavy (non-hydrogen) atoms. The van der Waals surface area contributed by atoms with Gasteiger partial charge in [0.25, 0.3) is 0 Å². The van der Waals surface area contributed by atoms with E-state index in [1.165, 1.54) is 22.3 Å². The number of pyridine rings is 1. The second-order valence-corrected chi connectivity index (χ2v) is 8.48. The summed E-state index contributed by atoms with van der Waals surface area (Å²) in [6.07, 6.45) is 5.58. The van der Waals surface area contributed by atoms with E-state index < -0.39 is 0 Å². The molecular weight excluding hydrogens is 394 g/mol. The van der Waals surface area contributed by atoms with Crippen LogP contribution in [0.1, 0.15) is 23.1 Å². The van der Waals surface area contributed by atoms with Crippen LogP contribution in [0.15, 0.2) is 97.2 Å². The van der Waals surface area contributed by atoms with Gasteiger partial charge in [0.05, 0.1) is 7.11 Å². The number of rotatable bonds is 6. The lowest BCUT2D eigenvalue weighted by Crippen LogP contribution is -2.44. The van der Waals surface area contributed by atoms with Gasteiger partial charge in [0, 0.05) is 36.2 Å². The van der Waals surface area contributed by atoms with E-state index in [1.54, 1.807) is 7.11 Å². The predicted octanol–water partition coefficient (Wildman–Crippen LogP) is 6.31. The maximum absolute atomic E-state index is 6.89. The summed E-state index contributed by atoms with van der Waals surface area (Å²) >= 11 is 0. The Balaban J connectivity index is 1.50. The summed E-state index contributed by atoms with van der Waals surface area (Å²) in [6, 6.07) is 31.7. The molecular formula is C29H27NO2. The number of aromatic nitrogens is 1. The highest BCUT2D eigenvalue weighted by Gasteiger charge is 2.37. The molecule has 0 unspecified atom stereocenters. The van der Waals surface area contributed by atoms with E-state index in [0.717, 1.165) is 37.0 Å². The maximum atomic E-state index is 6.89. The monoisotopic (exact) mass is 421 g/mol. The number of fused-ring (bicyclic) bond motifs is 1. The highest BCUT2D eigenvalue weighted by atomic mass is 16.5. The van der Waals surface area contributed by atoms with Gasteiger partial charge >= 0.3 is 0 Å². The topological polar surface area (TPSA) is 31.4 Å². The highest BCUT2D eigenvalue weighted by Crippen LogP contribution is 2.41. The first-order valence-corrected chi connectivity index (χ1v) is 11.1. The number of nitrogens with zero attached hydrogens (tertiary/aromatic N) is 1. The Labute approximate surface area is 189 Å². The van der Waals surface area contributed by atoms with Crippen molar-refractivity contribution in [3.05, 3.63) is 114 Å². The molecule has 0 amide bonds. The third kappa shape index (κ3) is 4.24. The van der Waals surface area contributed by atoms with Crippen LogP contribution in [0, 0.1) is 0 Å². The molecule has 1 aromatic heterocycles. The predicted molar refractivity (Wildman–Crippen MR) is 128 cm³/mol. The standard InChI is InChI=1S/C29H27NO2/c1-31-28-16-15-24(21-30-28)25-13-8-14-27-26(25)17-18-29(32-27,19-22-9-4-2-5-10-22)20-23-11-6-3-7-12-23/h2-16,21H,17-20H2,1H3. The summed E-state index contributed by atoms with van der Waals surface area (Å²) in [5.41, 5.74) is 5.88. The van der Waals surface area contributed by atoms with Gasteiger partial charge in [0.2, 0.25) is 5.88 Å². The molecule has 0 fully saturated rings. The van der Waals surface area contributed by atoms with Gasteiger partial charge < -0.3 is 9.47 Å². The van der Waals surface area contributed by atoms with Crippen LogP contribution in [0.3, 0.4) is 0 Å². The third-order valence-electron chi connectivity index (χ3n) is 6.28. The number of hydrogen-bond acceptors (Lipinski definition) is 3. The molecule has 160 valence electrons. The fourth-order valence-electron chi connectivity index (χ4n) is 4.73. The zero-order valence-electron chi connectivity index (χ0n) is 18.3. The zero-order chi connectivity index (χ0) is 21.8. The van der Waals surface area contributed by atoms with E-state index in [9.17, 15) is 0 Å². The number of benzene rings is 3. The summed E-state index contributed by atoms with van der Waals surface area (Å²) in [7, 11) is 1.64. The van der Waals surface area contributed by atoms with E-state index in [4.69, 9.17) is 9.47 Å². The quantitative estimate of drug-likeness (QED) is 0.366. The third-order valence-corrected chi connectivity index (χ3v) is 6.28. The minimum absolute atomic E-state index is 0.271. The summed E-state index contributed by atoms with van der Waals surface area (Å²) in [5, 5.41) is 0. The van der Waals surface area contributed by atoms with Crippen molar-refractivity contribution >= 4 is 0 Å². The number of ether oxygens (including phenoxy) is 2. The second kappa shape index (κ2) is 8.88. The summed E-state index contributed by atoms with van der Waals surface area (Å²) in [5.74, 6) is 1.61. The lowest BCUT2D eigenvalue weighted by molar-refractivity contribution is 0.0466. The molecule has 0 radical (unpaired) electrons. The van der Waals surface area contributed by atoms with Crippen molar-refractivity contribution in [2.24, 2.45) is 0 Å². The lowest BCUT2D eigenvalue weighted by atomic mass is 9.80. The van der Waals surface area contributed by atoms with Crippen molar-refractivity contribution in [1.82, 2.24) is 4.98 Å². The van der Waals surface area contributed by atoms with Crippen molar-refractivity contribution in [3.63, 3.8) is 0 Å². The van der Waals surface area contributed by atoms with E-state index in [1.807, 2.05) is 12.3 Å². The smallest absolute Gasteiger partial charge is 0.212 e. The minimum Gasteiger partial charge on any atom is -0.486 e. The molecule has 0 bridgehead atoms. The molecule has 0 atom stereocenters. The van der Waals surface area contributed by atoms with Crippen molar-refractivity contribution < 1.29 is 9.47 Å². The SMILES string of the molecule is COc1ccc(-c2cccc3c2CCC(Cc2ccccc2)(Cc2ccccc2)O3)cn1. The van der Waals surface area contributed by atoms with Gasteiger partial charge in [-0.25, -0.2) is 4.98 Å². The molecule has 3 nitrogen and oxygen atoms in total. The summed E-state index contributed by atoms with van der Waals surface area (Å²) in [4.78, 5) is 4.40. The maximum Gasteiger partial charge on any atom is 0.212 e. The van der Waals surface area contributed by atoms with Crippen LogP contribution in [-0.4, -0.2) is 17.7 Å². The molecule has 0 saturated heterocycles. The average molecular weight is 422 g/mol. The zero-order valence-corrected chi connectivity index (χ0v) is 18.3. The normalized spacial score (nSPS) is 14.3. The van der Waals surface area contributed by atoms with Gasteiger partial charge in [0.15, 0.2) is 0 Å². The van der Waals surface area contributed by atoms with Gasteiger partial charge in [-0.1, -0.05) is 72.8 Å². The highest BCUT2D eigenvalue weighted by molar-refractivity contribution is 5.70. The van der Waals surface area contributed by atoms with Crippen molar-refractivity contribution in [3.8, 4) is 22.8 Å². The molecule has 0 spiro atoms. The van der Waals surface area contributed by atoms with E-state index in [-0.39, 0.29) is 5.60 Å². The van der Waals surface area contributed by atoms with Gasteiger partial charge in [-0.05, 0) is 41.7 Å². The molecule has 0 saturated carbocycles. The summed E-state index contributed by atoms with van der Waals surface area (Å²) < 4.78 is 12.1. The van der Waals surface area contributed by atoms with E-state index >= 15 is 0 Å². The van der Waals surface area contributed by atoms with Gasteiger partial charge in [-0.15, -0.1) is 0 Å². The summed E-state index contributed by atoms with van der Waals surface area (Å²) in [6.45, 7) is 0. The first-order valence-electron chi connectivity index (χ1n) is 11.1. The first-order chi connectivity index (χ1) is 15.7. The largest absolute Gasteiger partial charge is 0.486 e. The Kier molecular flexibility index (Phi) is 5.64. The Hall–Kier alpha value is -3.59. The molecule has 0 aliphatic carbocycles. The Morgan fingerprint density at radius 2 is 1.50 bits per heavy atom. The average Bonchev–Trinajstić information content (AvgIpc) is 2.85. The Morgan fingerprint density at radius 1 is 0.812 bits per heavy atom. The van der Waals surface area contributed by atoms with Crippen LogP contribution in [0.2, 0.25) is 0 Å². The van der Waals surface area contributed by atoms with Gasteiger partial charge in [-0.3, -0.25) is 0 Å². The number of methoxy groups -OCH3 is 1. The molecule has 1 aliphatic heterocycles. The molecule has 3 aromatic carbocycles. The van der Waals surface area contributed by atoms with Crippen LogP contribution in [0.4, 0.5) is 0 Å². The van der Waals surface area contributed by atoms with E-state index in [0.29, 0.717) is 5.88 Å².